The van der Waals surface area contributed by atoms with Crippen LogP contribution in [0.25, 0.3) is 0 Å². The Morgan fingerprint density at radius 3 is 2.48 bits per heavy atom. The lowest BCUT2D eigenvalue weighted by Gasteiger charge is -2.11. The lowest BCUT2D eigenvalue weighted by molar-refractivity contribution is -0.114. The monoisotopic (exact) mass is 332 g/mol. The number of rotatable bonds is 7. The van der Waals surface area contributed by atoms with Crippen LogP contribution in [0, 0.1) is 5.92 Å². The molecule has 23 heavy (non-hydrogen) atoms. The molecule has 0 heterocycles. The molecule has 0 unspecified atom stereocenters. The van der Waals surface area contributed by atoms with E-state index in [0.717, 1.165) is 11.4 Å². The minimum atomic E-state index is -0.154. The molecule has 2 N–H and O–H groups in total. The van der Waals surface area contributed by atoms with Crippen molar-refractivity contribution in [2.75, 3.05) is 23.8 Å². The zero-order valence-electron chi connectivity index (χ0n) is 13.3. The molecule has 0 fully saturated rings. The molecule has 2 aromatic rings. The lowest BCUT2D eigenvalue weighted by atomic mass is 10.2. The molecule has 2 aromatic carbocycles. The molecule has 5 heteroatoms. The predicted octanol–water partition coefficient (Wildman–Crippen LogP) is 4.43. The number of carbonyl (C=O) groups excluding carboxylic acids is 1. The summed E-state index contributed by atoms with van der Waals surface area (Å²) >= 11 is 6.01. The van der Waals surface area contributed by atoms with E-state index in [-0.39, 0.29) is 12.5 Å². The Hall–Kier alpha value is -2.20. The van der Waals surface area contributed by atoms with E-state index < -0.39 is 0 Å². The first kappa shape index (κ1) is 17.2. The van der Waals surface area contributed by atoms with Gasteiger partial charge in [-0.1, -0.05) is 37.6 Å². The van der Waals surface area contributed by atoms with Crippen molar-refractivity contribution >= 4 is 28.9 Å². The first-order valence-electron chi connectivity index (χ1n) is 7.55. The third-order valence-corrected chi connectivity index (χ3v) is 3.37. The van der Waals surface area contributed by atoms with Gasteiger partial charge in [-0.3, -0.25) is 4.79 Å². The highest BCUT2D eigenvalue weighted by Gasteiger charge is 2.05. The van der Waals surface area contributed by atoms with Crippen LogP contribution in [0.2, 0.25) is 5.02 Å². The van der Waals surface area contributed by atoms with Crippen LogP contribution in [0.4, 0.5) is 11.4 Å². The number of para-hydroxylation sites is 1. The predicted molar refractivity (Wildman–Crippen MR) is 95.3 cm³/mol. The maximum atomic E-state index is 11.9. The van der Waals surface area contributed by atoms with Gasteiger partial charge in [-0.2, -0.15) is 0 Å². The fourth-order valence-corrected chi connectivity index (χ4v) is 2.05. The molecular formula is C18H21ClN2O2. The minimum Gasteiger partial charge on any atom is -0.493 e. The Kier molecular flexibility index (Phi) is 6.29. The molecule has 0 spiro atoms. The van der Waals surface area contributed by atoms with Crippen molar-refractivity contribution < 1.29 is 9.53 Å². The molecule has 2 rings (SSSR count). The minimum absolute atomic E-state index is 0.154. The number of nitrogens with one attached hydrogen (secondary N) is 2. The average Bonchev–Trinajstić information content (AvgIpc) is 2.54. The summed E-state index contributed by atoms with van der Waals surface area (Å²) in [4.78, 5) is 11.9. The molecule has 0 saturated heterocycles. The number of benzene rings is 2. The Morgan fingerprint density at radius 2 is 1.83 bits per heavy atom. The number of halogens is 1. The summed E-state index contributed by atoms with van der Waals surface area (Å²) in [7, 11) is 0. The largest absolute Gasteiger partial charge is 0.493 e. The Labute approximate surface area is 141 Å². The van der Waals surface area contributed by atoms with Gasteiger partial charge in [0.05, 0.1) is 23.9 Å². The zero-order valence-corrected chi connectivity index (χ0v) is 14.1. The number of carbonyl (C=O) groups is 1. The van der Waals surface area contributed by atoms with Crippen molar-refractivity contribution in [1.29, 1.82) is 0 Å². The van der Waals surface area contributed by atoms with Gasteiger partial charge >= 0.3 is 0 Å². The summed E-state index contributed by atoms with van der Waals surface area (Å²) in [5, 5.41) is 6.35. The Morgan fingerprint density at radius 1 is 1.13 bits per heavy atom. The number of amides is 1. The van der Waals surface area contributed by atoms with Crippen molar-refractivity contribution in [3.63, 3.8) is 0 Å². The maximum absolute atomic E-state index is 11.9. The van der Waals surface area contributed by atoms with E-state index in [1.54, 1.807) is 12.1 Å². The number of hydrogen-bond acceptors (Lipinski definition) is 3. The van der Waals surface area contributed by atoms with Gasteiger partial charge in [0.1, 0.15) is 5.75 Å². The molecular weight excluding hydrogens is 312 g/mol. The van der Waals surface area contributed by atoms with Crippen LogP contribution in [0.15, 0.2) is 48.5 Å². The zero-order chi connectivity index (χ0) is 16.7. The van der Waals surface area contributed by atoms with Crippen molar-refractivity contribution in [2.24, 2.45) is 5.92 Å². The van der Waals surface area contributed by atoms with Gasteiger partial charge in [0.2, 0.25) is 5.91 Å². The van der Waals surface area contributed by atoms with Crippen molar-refractivity contribution in [1.82, 2.24) is 0 Å². The molecule has 0 aromatic heterocycles. The summed E-state index contributed by atoms with van der Waals surface area (Å²) in [6.45, 7) is 5.06. The number of hydrogen-bond donors (Lipinski definition) is 2. The van der Waals surface area contributed by atoms with E-state index in [0.29, 0.717) is 23.2 Å². The normalized spacial score (nSPS) is 10.4. The molecule has 0 radical (unpaired) electrons. The molecule has 0 saturated carbocycles. The summed E-state index contributed by atoms with van der Waals surface area (Å²) < 4.78 is 5.62. The molecule has 0 bridgehead atoms. The van der Waals surface area contributed by atoms with Crippen molar-refractivity contribution in [3.8, 4) is 5.75 Å². The van der Waals surface area contributed by atoms with Gasteiger partial charge in [0, 0.05) is 5.69 Å². The van der Waals surface area contributed by atoms with Crippen LogP contribution in [0.1, 0.15) is 13.8 Å². The number of ether oxygens (including phenoxy) is 1. The fraction of sp³-hybridized carbons (Fsp3) is 0.278. The maximum Gasteiger partial charge on any atom is 0.243 e. The second kappa shape index (κ2) is 8.44. The average molecular weight is 333 g/mol. The molecule has 4 nitrogen and oxygen atoms in total. The lowest BCUT2D eigenvalue weighted by Crippen LogP contribution is -2.21. The highest BCUT2D eigenvalue weighted by molar-refractivity contribution is 6.33. The van der Waals surface area contributed by atoms with E-state index in [1.165, 1.54) is 0 Å². The van der Waals surface area contributed by atoms with Gasteiger partial charge in [-0.15, -0.1) is 0 Å². The van der Waals surface area contributed by atoms with E-state index in [1.807, 2.05) is 36.4 Å². The van der Waals surface area contributed by atoms with E-state index in [4.69, 9.17) is 16.3 Å². The van der Waals surface area contributed by atoms with Crippen molar-refractivity contribution in [2.45, 2.75) is 13.8 Å². The van der Waals surface area contributed by atoms with Gasteiger partial charge < -0.3 is 15.4 Å². The van der Waals surface area contributed by atoms with E-state index in [2.05, 4.69) is 24.5 Å². The smallest absolute Gasteiger partial charge is 0.243 e. The van der Waals surface area contributed by atoms with Crippen LogP contribution in [-0.4, -0.2) is 19.1 Å². The standard InChI is InChI=1S/C18H21ClN2O2/c1-13(2)12-23-15-9-7-14(8-10-15)20-11-18(22)21-17-6-4-3-5-16(17)19/h3-10,13,20H,11-12H2,1-2H3,(H,21,22). The Bertz CT molecular complexity index is 642. The molecule has 0 aliphatic rings. The van der Waals surface area contributed by atoms with E-state index in [9.17, 15) is 4.79 Å². The highest BCUT2D eigenvalue weighted by Crippen LogP contribution is 2.20. The molecule has 122 valence electrons. The molecule has 0 aliphatic carbocycles. The summed E-state index contributed by atoms with van der Waals surface area (Å²) in [6, 6.07) is 14.7. The van der Waals surface area contributed by atoms with E-state index >= 15 is 0 Å². The molecule has 1 amide bonds. The third kappa shape index (κ3) is 5.83. The van der Waals surface area contributed by atoms with Gasteiger partial charge in [0.15, 0.2) is 0 Å². The Balaban J connectivity index is 1.81. The second-order valence-electron chi connectivity index (χ2n) is 5.61. The number of anilines is 2. The summed E-state index contributed by atoms with van der Waals surface area (Å²) in [6.07, 6.45) is 0. The third-order valence-electron chi connectivity index (χ3n) is 3.04. The summed E-state index contributed by atoms with van der Waals surface area (Å²) in [5.41, 5.74) is 1.47. The van der Waals surface area contributed by atoms with Crippen LogP contribution in [-0.2, 0) is 4.79 Å². The van der Waals surface area contributed by atoms with Crippen LogP contribution in [0.3, 0.4) is 0 Å². The first-order valence-corrected chi connectivity index (χ1v) is 7.93. The van der Waals surface area contributed by atoms with Gasteiger partial charge in [-0.05, 0) is 42.3 Å². The van der Waals surface area contributed by atoms with Crippen LogP contribution < -0.4 is 15.4 Å². The molecule has 0 atom stereocenters. The fourth-order valence-electron chi connectivity index (χ4n) is 1.87. The first-order chi connectivity index (χ1) is 11.0. The van der Waals surface area contributed by atoms with Gasteiger partial charge in [0.25, 0.3) is 0 Å². The highest BCUT2D eigenvalue weighted by atomic mass is 35.5. The quantitative estimate of drug-likeness (QED) is 0.788. The second-order valence-corrected chi connectivity index (χ2v) is 6.02. The van der Waals surface area contributed by atoms with Gasteiger partial charge in [-0.25, -0.2) is 0 Å². The van der Waals surface area contributed by atoms with Crippen molar-refractivity contribution in [3.05, 3.63) is 53.6 Å². The SMILES string of the molecule is CC(C)COc1ccc(NCC(=O)Nc2ccccc2Cl)cc1. The summed E-state index contributed by atoms with van der Waals surface area (Å²) in [5.74, 6) is 1.16. The topological polar surface area (TPSA) is 50.4 Å². The molecule has 0 aliphatic heterocycles. The van der Waals surface area contributed by atoms with Crippen LogP contribution >= 0.6 is 11.6 Å². The van der Waals surface area contributed by atoms with Crippen LogP contribution in [0.5, 0.6) is 5.75 Å².